The molecule has 2 aromatic rings. The largest absolute Gasteiger partial charge is 0.356 e. The summed E-state index contributed by atoms with van der Waals surface area (Å²) in [5.74, 6) is 0.805. The Morgan fingerprint density at radius 2 is 2.00 bits per heavy atom. The first-order valence-corrected chi connectivity index (χ1v) is 5.54. The lowest BCUT2D eigenvalue weighted by atomic mass is 10.0. The molecule has 0 aliphatic carbocycles. The van der Waals surface area contributed by atoms with Gasteiger partial charge in [-0.3, -0.25) is 0 Å². The topological polar surface area (TPSA) is 26.0 Å². The van der Waals surface area contributed by atoms with Gasteiger partial charge in [-0.05, 0) is 25.0 Å². The average molecular weight is 225 g/mol. The molecule has 0 aliphatic rings. The van der Waals surface area contributed by atoms with Crippen molar-refractivity contribution in [1.29, 1.82) is 0 Å². The zero-order valence-corrected chi connectivity index (χ0v) is 10.1. The van der Waals surface area contributed by atoms with E-state index in [1.54, 1.807) is 6.08 Å². The van der Waals surface area contributed by atoms with E-state index in [2.05, 4.69) is 30.8 Å². The zero-order chi connectivity index (χ0) is 12.3. The normalized spacial score (nSPS) is 11.5. The Balaban J connectivity index is 2.30. The minimum Gasteiger partial charge on any atom is -0.356 e. The van der Waals surface area contributed by atoms with Crippen LogP contribution in [0, 0.1) is 6.92 Å². The van der Waals surface area contributed by atoms with Gasteiger partial charge in [0.2, 0.25) is 0 Å². The second-order valence-electron chi connectivity index (χ2n) is 4.00. The SMILES string of the molecule is C=C/C=C(\C)c1ccc(-c2cc(C)no2)cc1. The van der Waals surface area contributed by atoms with Crippen molar-refractivity contribution in [3.63, 3.8) is 0 Å². The molecule has 0 fully saturated rings. The van der Waals surface area contributed by atoms with Gasteiger partial charge in [0.15, 0.2) is 5.76 Å². The van der Waals surface area contributed by atoms with Crippen LogP contribution in [0.3, 0.4) is 0 Å². The maximum atomic E-state index is 5.22. The van der Waals surface area contributed by atoms with E-state index in [9.17, 15) is 0 Å². The number of nitrogens with zero attached hydrogens (tertiary/aromatic N) is 1. The van der Waals surface area contributed by atoms with E-state index in [0.29, 0.717) is 0 Å². The highest BCUT2D eigenvalue weighted by Gasteiger charge is 2.04. The van der Waals surface area contributed by atoms with Gasteiger partial charge in [-0.1, -0.05) is 48.2 Å². The fourth-order valence-corrected chi connectivity index (χ4v) is 1.67. The van der Waals surface area contributed by atoms with E-state index in [1.165, 1.54) is 11.1 Å². The molecular formula is C15H15NO. The molecule has 2 nitrogen and oxygen atoms in total. The number of benzene rings is 1. The van der Waals surface area contributed by atoms with Crippen molar-refractivity contribution in [3.05, 3.63) is 60.3 Å². The van der Waals surface area contributed by atoms with E-state index in [0.717, 1.165) is 17.0 Å². The van der Waals surface area contributed by atoms with Crippen LogP contribution < -0.4 is 0 Å². The van der Waals surface area contributed by atoms with Crippen LogP contribution in [-0.4, -0.2) is 5.16 Å². The molecule has 0 saturated heterocycles. The predicted octanol–water partition coefficient (Wildman–Crippen LogP) is 4.24. The Morgan fingerprint density at radius 1 is 1.29 bits per heavy atom. The summed E-state index contributed by atoms with van der Waals surface area (Å²) in [6.07, 6.45) is 3.79. The average Bonchev–Trinajstić information content (AvgIpc) is 2.76. The lowest BCUT2D eigenvalue weighted by Gasteiger charge is -2.01. The van der Waals surface area contributed by atoms with E-state index >= 15 is 0 Å². The molecule has 0 N–H and O–H groups in total. The number of aryl methyl sites for hydroxylation is 1. The molecule has 0 spiro atoms. The summed E-state index contributed by atoms with van der Waals surface area (Å²) in [4.78, 5) is 0. The molecule has 1 aromatic carbocycles. The number of hydrogen-bond donors (Lipinski definition) is 0. The van der Waals surface area contributed by atoms with Crippen molar-refractivity contribution in [1.82, 2.24) is 5.16 Å². The van der Waals surface area contributed by atoms with Gasteiger partial charge in [-0.25, -0.2) is 0 Å². The number of aromatic nitrogens is 1. The fourth-order valence-electron chi connectivity index (χ4n) is 1.67. The lowest BCUT2D eigenvalue weighted by Crippen LogP contribution is -1.80. The monoisotopic (exact) mass is 225 g/mol. The van der Waals surface area contributed by atoms with Crippen molar-refractivity contribution in [2.24, 2.45) is 0 Å². The number of allylic oxidation sites excluding steroid dienone is 3. The Hall–Kier alpha value is -2.09. The maximum Gasteiger partial charge on any atom is 0.167 e. The predicted molar refractivity (Wildman–Crippen MR) is 70.5 cm³/mol. The van der Waals surface area contributed by atoms with E-state index in [4.69, 9.17) is 4.52 Å². The number of rotatable bonds is 3. The molecule has 0 radical (unpaired) electrons. The van der Waals surface area contributed by atoms with Crippen LogP contribution in [0.15, 0.2) is 53.6 Å². The Kier molecular flexibility index (Phi) is 3.24. The molecule has 0 saturated carbocycles. The quantitative estimate of drug-likeness (QED) is 0.730. The highest BCUT2D eigenvalue weighted by molar-refractivity contribution is 5.68. The molecule has 0 atom stereocenters. The second kappa shape index (κ2) is 4.83. The summed E-state index contributed by atoms with van der Waals surface area (Å²) in [7, 11) is 0. The van der Waals surface area contributed by atoms with Gasteiger partial charge < -0.3 is 4.52 Å². The first-order valence-electron chi connectivity index (χ1n) is 5.54. The van der Waals surface area contributed by atoms with Gasteiger partial charge in [0, 0.05) is 11.6 Å². The molecule has 0 unspecified atom stereocenters. The van der Waals surface area contributed by atoms with Crippen molar-refractivity contribution >= 4 is 5.57 Å². The minimum atomic E-state index is 0.805. The fraction of sp³-hybridized carbons (Fsp3) is 0.133. The zero-order valence-electron chi connectivity index (χ0n) is 10.1. The molecule has 0 aliphatic heterocycles. The van der Waals surface area contributed by atoms with E-state index < -0.39 is 0 Å². The van der Waals surface area contributed by atoms with Crippen LogP contribution in [0.25, 0.3) is 16.9 Å². The van der Waals surface area contributed by atoms with Gasteiger partial charge in [-0.15, -0.1) is 0 Å². The van der Waals surface area contributed by atoms with E-state index in [-0.39, 0.29) is 0 Å². The maximum absolute atomic E-state index is 5.22. The molecule has 86 valence electrons. The summed E-state index contributed by atoms with van der Waals surface area (Å²) < 4.78 is 5.22. The molecule has 1 heterocycles. The first-order chi connectivity index (χ1) is 8.20. The summed E-state index contributed by atoms with van der Waals surface area (Å²) in [6.45, 7) is 7.67. The van der Waals surface area contributed by atoms with Gasteiger partial charge in [0.1, 0.15) is 0 Å². The first kappa shape index (κ1) is 11.4. The van der Waals surface area contributed by atoms with Crippen molar-refractivity contribution in [3.8, 4) is 11.3 Å². The second-order valence-corrected chi connectivity index (χ2v) is 4.00. The van der Waals surface area contributed by atoms with Crippen LogP contribution in [0.1, 0.15) is 18.2 Å². The van der Waals surface area contributed by atoms with Crippen LogP contribution >= 0.6 is 0 Å². The molecular weight excluding hydrogens is 210 g/mol. The smallest absolute Gasteiger partial charge is 0.167 e. The Morgan fingerprint density at radius 3 is 2.53 bits per heavy atom. The number of hydrogen-bond acceptors (Lipinski definition) is 2. The van der Waals surface area contributed by atoms with Gasteiger partial charge in [0.25, 0.3) is 0 Å². The molecule has 0 bridgehead atoms. The molecule has 1 aromatic heterocycles. The van der Waals surface area contributed by atoms with Crippen molar-refractivity contribution in [2.45, 2.75) is 13.8 Å². The lowest BCUT2D eigenvalue weighted by molar-refractivity contribution is 0.427. The highest BCUT2D eigenvalue weighted by atomic mass is 16.5. The summed E-state index contributed by atoms with van der Waals surface area (Å²) in [5.41, 5.74) is 4.32. The summed E-state index contributed by atoms with van der Waals surface area (Å²) in [5, 5.41) is 3.88. The molecule has 2 rings (SSSR count). The third kappa shape index (κ3) is 2.53. The minimum absolute atomic E-state index is 0.805. The third-order valence-electron chi connectivity index (χ3n) is 2.62. The van der Waals surface area contributed by atoms with Crippen LogP contribution in [0.2, 0.25) is 0 Å². The standard InChI is InChI=1S/C15H15NO/c1-4-5-11(2)13-6-8-14(9-7-13)15-10-12(3)16-17-15/h4-10H,1H2,2-3H3/b11-5+. The Labute approximate surface area is 101 Å². The molecule has 2 heteroatoms. The molecule has 0 amide bonds. The highest BCUT2D eigenvalue weighted by Crippen LogP contribution is 2.22. The van der Waals surface area contributed by atoms with Crippen LogP contribution in [0.4, 0.5) is 0 Å². The molecule has 17 heavy (non-hydrogen) atoms. The van der Waals surface area contributed by atoms with Crippen molar-refractivity contribution < 1.29 is 4.52 Å². The van der Waals surface area contributed by atoms with Gasteiger partial charge >= 0.3 is 0 Å². The summed E-state index contributed by atoms with van der Waals surface area (Å²) in [6, 6.07) is 10.2. The van der Waals surface area contributed by atoms with Crippen LogP contribution in [0.5, 0.6) is 0 Å². The Bertz CT molecular complexity index is 547. The summed E-state index contributed by atoms with van der Waals surface area (Å²) >= 11 is 0. The third-order valence-corrected chi connectivity index (χ3v) is 2.62. The van der Waals surface area contributed by atoms with E-state index in [1.807, 2.05) is 31.2 Å². The van der Waals surface area contributed by atoms with Gasteiger partial charge in [-0.2, -0.15) is 0 Å². The van der Waals surface area contributed by atoms with Crippen molar-refractivity contribution in [2.75, 3.05) is 0 Å². The van der Waals surface area contributed by atoms with Gasteiger partial charge in [0.05, 0.1) is 5.69 Å². The van der Waals surface area contributed by atoms with Crippen LogP contribution in [-0.2, 0) is 0 Å².